The summed E-state index contributed by atoms with van der Waals surface area (Å²) in [6.45, 7) is 3.77. The highest BCUT2D eigenvalue weighted by Gasteiger charge is 2.22. The Balaban J connectivity index is 2.28. The quantitative estimate of drug-likeness (QED) is 0.721. The lowest BCUT2D eigenvalue weighted by atomic mass is 10.3. The van der Waals surface area contributed by atoms with E-state index in [-0.39, 0.29) is 17.7 Å². The van der Waals surface area contributed by atoms with Gasteiger partial charge in [0.05, 0.1) is 11.8 Å². The lowest BCUT2D eigenvalue weighted by Gasteiger charge is -2.20. The van der Waals surface area contributed by atoms with Gasteiger partial charge in [-0.3, -0.25) is 4.79 Å². The first-order valence-corrected chi connectivity index (χ1v) is 7.66. The van der Waals surface area contributed by atoms with Gasteiger partial charge in [0.15, 0.2) is 0 Å². The number of carbonyl (C=O) groups excluding carboxylic acids is 1. The maximum Gasteiger partial charge on any atom is 0.239 e. The monoisotopic (exact) mass is 248 g/mol. The van der Waals surface area contributed by atoms with E-state index in [1.54, 1.807) is 6.92 Å². The summed E-state index contributed by atoms with van der Waals surface area (Å²) in [5.41, 5.74) is 0. The third kappa shape index (κ3) is 4.49. The van der Waals surface area contributed by atoms with Crippen LogP contribution < -0.4 is 5.32 Å². The van der Waals surface area contributed by atoms with Crippen LogP contribution >= 0.6 is 0 Å². The molecule has 1 fully saturated rings. The first-order chi connectivity index (χ1) is 7.40. The van der Waals surface area contributed by atoms with E-state index in [9.17, 15) is 13.2 Å². The molecule has 0 aromatic rings. The van der Waals surface area contributed by atoms with Gasteiger partial charge in [0, 0.05) is 25.9 Å². The van der Waals surface area contributed by atoms with Crippen molar-refractivity contribution in [3.05, 3.63) is 0 Å². The van der Waals surface area contributed by atoms with Gasteiger partial charge in [-0.1, -0.05) is 0 Å². The average Bonchev–Trinajstić information content (AvgIpc) is 2.67. The Kier molecular flexibility index (Phi) is 4.73. The van der Waals surface area contributed by atoms with Gasteiger partial charge in [-0.2, -0.15) is 0 Å². The van der Waals surface area contributed by atoms with Crippen LogP contribution in [0.25, 0.3) is 0 Å². The minimum absolute atomic E-state index is 0.0740. The van der Waals surface area contributed by atoms with Gasteiger partial charge in [0.2, 0.25) is 5.91 Å². The summed E-state index contributed by atoms with van der Waals surface area (Å²) >= 11 is 0. The van der Waals surface area contributed by atoms with E-state index >= 15 is 0 Å². The van der Waals surface area contributed by atoms with E-state index in [4.69, 9.17) is 0 Å². The molecule has 1 unspecified atom stereocenters. The summed E-state index contributed by atoms with van der Waals surface area (Å²) < 4.78 is 21.8. The van der Waals surface area contributed by atoms with Gasteiger partial charge in [0.1, 0.15) is 9.84 Å². The number of amides is 1. The molecule has 0 aromatic carbocycles. The highest BCUT2D eigenvalue weighted by molar-refractivity contribution is 7.90. The van der Waals surface area contributed by atoms with E-state index < -0.39 is 9.84 Å². The van der Waals surface area contributed by atoms with Gasteiger partial charge in [-0.15, -0.1) is 0 Å². The maximum absolute atomic E-state index is 11.8. The van der Waals surface area contributed by atoms with Gasteiger partial charge >= 0.3 is 0 Å². The molecule has 6 heteroatoms. The molecule has 1 N–H and O–H groups in total. The van der Waals surface area contributed by atoms with Crippen molar-refractivity contribution >= 4 is 15.7 Å². The fraction of sp³-hybridized carbons (Fsp3) is 0.900. The second-order valence-electron chi connectivity index (χ2n) is 4.34. The molecule has 0 saturated carbocycles. The smallest absolute Gasteiger partial charge is 0.239 e. The van der Waals surface area contributed by atoms with Crippen molar-refractivity contribution in [3.8, 4) is 0 Å². The summed E-state index contributed by atoms with van der Waals surface area (Å²) in [5, 5.41) is 2.95. The van der Waals surface area contributed by atoms with Crippen LogP contribution in [0.3, 0.4) is 0 Å². The molecule has 0 aromatic heterocycles. The molecular formula is C10H20N2O3S. The number of nitrogens with zero attached hydrogens (tertiary/aromatic N) is 1. The first kappa shape index (κ1) is 13.4. The zero-order chi connectivity index (χ0) is 12.2. The van der Waals surface area contributed by atoms with Crippen LogP contribution in [0.1, 0.15) is 19.8 Å². The lowest BCUT2D eigenvalue weighted by Crippen LogP contribution is -2.44. The Morgan fingerprint density at radius 3 is 2.44 bits per heavy atom. The molecule has 1 amide bonds. The molecule has 0 radical (unpaired) electrons. The van der Waals surface area contributed by atoms with E-state index in [2.05, 4.69) is 5.32 Å². The molecule has 1 atom stereocenters. The Hall–Kier alpha value is -0.620. The lowest BCUT2D eigenvalue weighted by molar-refractivity contribution is -0.131. The topological polar surface area (TPSA) is 66.5 Å². The van der Waals surface area contributed by atoms with Crippen molar-refractivity contribution in [2.75, 3.05) is 31.6 Å². The molecular weight excluding hydrogens is 228 g/mol. The summed E-state index contributed by atoms with van der Waals surface area (Å²) in [7, 11) is -2.95. The molecule has 1 heterocycles. The highest BCUT2D eigenvalue weighted by atomic mass is 32.2. The SMILES string of the molecule is CC(NCCS(C)(=O)=O)C(=O)N1CCCC1. The number of hydrogen-bond acceptors (Lipinski definition) is 4. The number of rotatable bonds is 5. The number of carbonyl (C=O) groups is 1. The Morgan fingerprint density at radius 2 is 1.94 bits per heavy atom. The van der Waals surface area contributed by atoms with Crippen molar-refractivity contribution in [1.82, 2.24) is 10.2 Å². The normalized spacial score (nSPS) is 18.8. The summed E-state index contributed by atoms with van der Waals surface area (Å²) in [6.07, 6.45) is 3.34. The molecule has 0 bridgehead atoms. The fourth-order valence-corrected chi connectivity index (χ4v) is 2.25. The second kappa shape index (κ2) is 5.63. The minimum Gasteiger partial charge on any atom is -0.341 e. The third-order valence-corrected chi connectivity index (χ3v) is 3.66. The second-order valence-corrected chi connectivity index (χ2v) is 6.60. The van der Waals surface area contributed by atoms with Crippen LogP contribution in [0.5, 0.6) is 0 Å². The minimum atomic E-state index is -2.95. The largest absolute Gasteiger partial charge is 0.341 e. The predicted molar refractivity (Wildman–Crippen MR) is 63.0 cm³/mol. The molecule has 94 valence electrons. The van der Waals surface area contributed by atoms with Crippen LogP contribution in [-0.4, -0.2) is 56.9 Å². The van der Waals surface area contributed by atoms with Gasteiger partial charge in [-0.05, 0) is 19.8 Å². The zero-order valence-corrected chi connectivity index (χ0v) is 10.7. The Morgan fingerprint density at radius 1 is 1.38 bits per heavy atom. The molecule has 1 saturated heterocycles. The highest BCUT2D eigenvalue weighted by Crippen LogP contribution is 2.08. The van der Waals surface area contributed by atoms with E-state index in [0.29, 0.717) is 6.54 Å². The number of hydrogen-bond donors (Lipinski definition) is 1. The van der Waals surface area contributed by atoms with Crippen LogP contribution in [-0.2, 0) is 14.6 Å². The van der Waals surface area contributed by atoms with Gasteiger partial charge in [0.25, 0.3) is 0 Å². The molecule has 5 nitrogen and oxygen atoms in total. The van der Waals surface area contributed by atoms with Crippen molar-refractivity contribution in [2.24, 2.45) is 0 Å². The molecule has 0 aliphatic carbocycles. The number of nitrogens with one attached hydrogen (secondary N) is 1. The van der Waals surface area contributed by atoms with E-state index in [1.807, 2.05) is 4.90 Å². The maximum atomic E-state index is 11.8. The summed E-state index contributed by atoms with van der Waals surface area (Å²) in [6, 6.07) is -0.292. The first-order valence-electron chi connectivity index (χ1n) is 5.60. The number of likely N-dealkylation sites (tertiary alicyclic amines) is 1. The van der Waals surface area contributed by atoms with Gasteiger partial charge < -0.3 is 10.2 Å². The van der Waals surface area contributed by atoms with E-state index in [1.165, 1.54) is 6.26 Å². The summed E-state index contributed by atoms with van der Waals surface area (Å²) in [4.78, 5) is 13.6. The molecule has 1 rings (SSSR count). The fourth-order valence-electron chi connectivity index (χ4n) is 1.76. The van der Waals surface area contributed by atoms with Crippen molar-refractivity contribution in [3.63, 3.8) is 0 Å². The zero-order valence-electron chi connectivity index (χ0n) is 9.90. The molecule has 1 aliphatic rings. The number of sulfone groups is 1. The molecule has 1 aliphatic heterocycles. The average molecular weight is 248 g/mol. The van der Waals surface area contributed by atoms with Crippen LogP contribution in [0.2, 0.25) is 0 Å². The van der Waals surface area contributed by atoms with Crippen molar-refractivity contribution in [1.29, 1.82) is 0 Å². The Bertz CT molecular complexity index is 334. The molecule has 0 spiro atoms. The van der Waals surface area contributed by atoms with Crippen molar-refractivity contribution < 1.29 is 13.2 Å². The Labute approximate surface area is 97.1 Å². The van der Waals surface area contributed by atoms with Gasteiger partial charge in [-0.25, -0.2) is 8.42 Å². The summed E-state index contributed by atoms with van der Waals surface area (Å²) in [5.74, 6) is 0.149. The standard InChI is InChI=1S/C10H20N2O3S/c1-9(11-5-8-16(2,14)15)10(13)12-6-3-4-7-12/h9,11H,3-8H2,1-2H3. The predicted octanol–water partition coefficient (Wildman–Crippen LogP) is -0.368. The van der Waals surface area contributed by atoms with Crippen LogP contribution in [0.15, 0.2) is 0 Å². The van der Waals surface area contributed by atoms with Crippen molar-refractivity contribution in [2.45, 2.75) is 25.8 Å². The third-order valence-electron chi connectivity index (χ3n) is 2.71. The van der Waals surface area contributed by atoms with Crippen LogP contribution in [0.4, 0.5) is 0 Å². The van der Waals surface area contributed by atoms with Crippen LogP contribution in [0, 0.1) is 0 Å². The molecule has 16 heavy (non-hydrogen) atoms. The van der Waals surface area contributed by atoms with E-state index in [0.717, 1.165) is 25.9 Å².